The van der Waals surface area contributed by atoms with Gasteiger partial charge in [0, 0.05) is 35.5 Å². The highest BCUT2D eigenvalue weighted by Gasteiger charge is 2.34. The molecule has 3 N–H and O–H groups in total. The molecular weight excluding hydrogens is 362 g/mol. The summed E-state index contributed by atoms with van der Waals surface area (Å²) >= 11 is 0. The number of anilines is 2. The third kappa shape index (κ3) is 3.53. The number of rotatable bonds is 3. The summed E-state index contributed by atoms with van der Waals surface area (Å²) in [4.78, 5) is 15.7. The second kappa shape index (κ2) is 7.47. The van der Waals surface area contributed by atoms with Crippen LogP contribution in [-0.4, -0.2) is 21.8 Å². The van der Waals surface area contributed by atoms with Crippen LogP contribution in [0.1, 0.15) is 11.7 Å². The molecule has 0 aliphatic carbocycles. The Hall–Kier alpha value is -4.13. The Morgan fingerprint density at radius 1 is 0.793 bits per heavy atom. The monoisotopic (exact) mass is 381 g/mol. The lowest BCUT2D eigenvalue weighted by Gasteiger charge is -2.31. The zero-order chi connectivity index (χ0) is 19.5. The van der Waals surface area contributed by atoms with Crippen LogP contribution in [0.25, 0.3) is 0 Å². The van der Waals surface area contributed by atoms with Gasteiger partial charge in [-0.05, 0) is 30.3 Å². The molecule has 7 nitrogen and oxygen atoms in total. The number of aliphatic imine (C=N–C) groups is 2. The first-order chi connectivity index (χ1) is 14.4. The van der Waals surface area contributed by atoms with Crippen LogP contribution in [0, 0.1) is 0 Å². The molecule has 7 heteroatoms. The number of nitrogens with one attached hydrogen (secondary N) is 3. The molecule has 0 radical (unpaired) electrons. The van der Waals surface area contributed by atoms with Gasteiger partial charge in [0.05, 0.1) is 0 Å². The number of para-hydroxylation sites is 2. The van der Waals surface area contributed by atoms with E-state index in [9.17, 15) is 0 Å². The van der Waals surface area contributed by atoms with Gasteiger partial charge in [-0.2, -0.15) is 9.98 Å². The molecule has 2 aliphatic rings. The fraction of sp³-hybridized carbons (Fsp3) is 0.0455. The lowest BCUT2D eigenvalue weighted by atomic mass is 10.2. The second-order valence-corrected chi connectivity index (χ2v) is 6.58. The van der Waals surface area contributed by atoms with Crippen molar-refractivity contribution in [2.45, 2.75) is 6.17 Å². The predicted octanol–water partition coefficient (Wildman–Crippen LogP) is 3.73. The Balaban J connectivity index is 1.50. The topological polar surface area (TPSA) is 76.9 Å². The van der Waals surface area contributed by atoms with Crippen LogP contribution in [0.15, 0.2) is 107 Å². The van der Waals surface area contributed by atoms with Gasteiger partial charge in [-0.1, -0.05) is 42.5 Å². The van der Waals surface area contributed by atoms with Crippen molar-refractivity contribution in [3.05, 3.63) is 103 Å². The molecule has 2 aromatic carbocycles. The molecule has 3 aromatic rings. The van der Waals surface area contributed by atoms with Crippen molar-refractivity contribution in [2.75, 3.05) is 10.6 Å². The van der Waals surface area contributed by atoms with Gasteiger partial charge in [0.15, 0.2) is 5.82 Å². The summed E-state index contributed by atoms with van der Waals surface area (Å²) in [6.45, 7) is 0. The van der Waals surface area contributed by atoms with Crippen molar-refractivity contribution in [3.63, 3.8) is 0 Å². The van der Waals surface area contributed by atoms with Crippen molar-refractivity contribution >= 4 is 23.3 Å². The number of pyridine rings is 1. The highest BCUT2D eigenvalue weighted by molar-refractivity contribution is 6.09. The molecular formula is C22H19N7. The van der Waals surface area contributed by atoms with Crippen LogP contribution in [0.5, 0.6) is 0 Å². The standard InChI is InChI=1S/C22H19N7/c1-3-9-17(10-4-1)25-21-27-19-15-24-20(16-8-7-13-23-14-16)29(19)22(28-21)26-18-11-5-2-6-12-18/h1-15,20,24H,(H2,25,26,27,28). The van der Waals surface area contributed by atoms with Crippen LogP contribution < -0.4 is 16.0 Å². The van der Waals surface area contributed by atoms with Gasteiger partial charge in [0.25, 0.3) is 0 Å². The van der Waals surface area contributed by atoms with Crippen molar-refractivity contribution < 1.29 is 0 Å². The minimum Gasteiger partial charge on any atom is -0.364 e. The van der Waals surface area contributed by atoms with Crippen LogP contribution in [-0.2, 0) is 0 Å². The fourth-order valence-electron chi connectivity index (χ4n) is 3.26. The zero-order valence-electron chi connectivity index (χ0n) is 15.5. The minimum atomic E-state index is -0.143. The molecule has 0 spiro atoms. The molecule has 1 atom stereocenters. The Kier molecular flexibility index (Phi) is 4.38. The van der Waals surface area contributed by atoms with E-state index < -0.39 is 0 Å². The average Bonchev–Trinajstić information content (AvgIpc) is 3.20. The van der Waals surface area contributed by atoms with Gasteiger partial charge in [0.2, 0.25) is 11.9 Å². The third-order valence-electron chi connectivity index (χ3n) is 4.60. The molecule has 0 saturated carbocycles. The van der Waals surface area contributed by atoms with E-state index >= 15 is 0 Å². The van der Waals surface area contributed by atoms with Gasteiger partial charge in [-0.3, -0.25) is 9.88 Å². The Bertz CT molecular complexity index is 1080. The van der Waals surface area contributed by atoms with Crippen LogP contribution in [0.3, 0.4) is 0 Å². The first-order valence-corrected chi connectivity index (χ1v) is 9.34. The summed E-state index contributed by atoms with van der Waals surface area (Å²) in [6.07, 6.45) is 5.36. The summed E-state index contributed by atoms with van der Waals surface area (Å²) in [5.74, 6) is 1.96. The van der Waals surface area contributed by atoms with Gasteiger partial charge >= 0.3 is 0 Å². The van der Waals surface area contributed by atoms with Crippen molar-refractivity contribution in [1.82, 2.24) is 15.2 Å². The van der Waals surface area contributed by atoms with Gasteiger partial charge in [-0.15, -0.1) is 0 Å². The smallest absolute Gasteiger partial charge is 0.232 e. The minimum absolute atomic E-state index is 0.143. The molecule has 2 aliphatic heterocycles. The molecule has 29 heavy (non-hydrogen) atoms. The molecule has 0 fully saturated rings. The lowest BCUT2D eigenvalue weighted by molar-refractivity contribution is 0.385. The molecule has 1 unspecified atom stereocenters. The molecule has 0 saturated heterocycles. The van der Waals surface area contributed by atoms with Crippen molar-refractivity contribution in [3.8, 4) is 0 Å². The number of hydrogen-bond acceptors (Lipinski definition) is 7. The van der Waals surface area contributed by atoms with Gasteiger partial charge < -0.3 is 16.0 Å². The number of nitrogens with zero attached hydrogens (tertiary/aromatic N) is 4. The van der Waals surface area contributed by atoms with E-state index in [-0.39, 0.29) is 6.17 Å². The Morgan fingerprint density at radius 3 is 2.21 bits per heavy atom. The number of fused-ring (bicyclic) bond motifs is 1. The Morgan fingerprint density at radius 2 is 1.52 bits per heavy atom. The molecule has 3 heterocycles. The molecule has 142 valence electrons. The maximum atomic E-state index is 4.76. The maximum absolute atomic E-state index is 4.76. The first-order valence-electron chi connectivity index (χ1n) is 9.34. The summed E-state index contributed by atoms with van der Waals surface area (Å²) in [7, 11) is 0. The predicted molar refractivity (Wildman–Crippen MR) is 115 cm³/mol. The summed E-state index contributed by atoms with van der Waals surface area (Å²) in [5, 5.41) is 10.1. The van der Waals surface area contributed by atoms with Crippen LogP contribution >= 0.6 is 0 Å². The van der Waals surface area contributed by atoms with Crippen molar-refractivity contribution in [2.24, 2.45) is 9.98 Å². The number of benzene rings is 2. The van der Waals surface area contributed by atoms with E-state index in [0.717, 1.165) is 22.8 Å². The number of guanidine groups is 2. The zero-order valence-corrected chi connectivity index (χ0v) is 15.5. The third-order valence-corrected chi connectivity index (χ3v) is 4.60. The second-order valence-electron chi connectivity index (χ2n) is 6.58. The van der Waals surface area contributed by atoms with Gasteiger partial charge in [0.1, 0.15) is 6.17 Å². The summed E-state index contributed by atoms with van der Waals surface area (Å²) < 4.78 is 0. The average molecular weight is 381 g/mol. The molecule has 0 amide bonds. The number of hydrogen-bond donors (Lipinski definition) is 3. The SMILES string of the molecule is C1=C2N=C(Nc3ccccc3)N=C(Nc3ccccc3)N2C(c2cccnc2)N1. The molecule has 0 bridgehead atoms. The molecule has 1 aromatic heterocycles. The quantitative estimate of drug-likeness (QED) is 0.644. The van der Waals surface area contributed by atoms with E-state index in [0.29, 0.717) is 11.9 Å². The highest BCUT2D eigenvalue weighted by Crippen LogP contribution is 2.30. The van der Waals surface area contributed by atoms with Crippen LogP contribution in [0.4, 0.5) is 11.4 Å². The number of aromatic nitrogens is 1. The van der Waals surface area contributed by atoms with E-state index in [1.165, 1.54) is 0 Å². The highest BCUT2D eigenvalue weighted by atomic mass is 15.5. The van der Waals surface area contributed by atoms with E-state index in [1.54, 1.807) is 6.20 Å². The fourth-order valence-corrected chi connectivity index (χ4v) is 3.26. The summed E-state index contributed by atoms with van der Waals surface area (Å²) in [6, 6.07) is 23.8. The normalized spacial score (nSPS) is 17.4. The van der Waals surface area contributed by atoms with Gasteiger partial charge in [-0.25, -0.2) is 0 Å². The van der Waals surface area contributed by atoms with Crippen LogP contribution in [0.2, 0.25) is 0 Å². The maximum Gasteiger partial charge on any atom is 0.232 e. The summed E-state index contributed by atoms with van der Waals surface area (Å²) in [5.41, 5.74) is 2.90. The Labute approximate surface area is 168 Å². The van der Waals surface area contributed by atoms with E-state index in [2.05, 4.69) is 25.9 Å². The largest absolute Gasteiger partial charge is 0.364 e. The first kappa shape index (κ1) is 17.0. The van der Waals surface area contributed by atoms with Crippen molar-refractivity contribution in [1.29, 1.82) is 0 Å². The van der Waals surface area contributed by atoms with E-state index in [4.69, 9.17) is 4.99 Å². The molecule has 5 rings (SSSR count). The van der Waals surface area contributed by atoms with E-state index in [1.807, 2.05) is 90.1 Å². The lowest BCUT2D eigenvalue weighted by Crippen LogP contribution is -2.41.